The molecule has 8 nitrogen and oxygen atoms in total. The van der Waals surface area contributed by atoms with Crippen molar-refractivity contribution in [3.8, 4) is 11.4 Å². The number of halogens is 2. The first kappa shape index (κ1) is 26.3. The number of fused-ring (bicyclic) bond motifs is 1. The van der Waals surface area contributed by atoms with E-state index in [4.69, 9.17) is 37.9 Å². The lowest BCUT2D eigenvalue weighted by molar-refractivity contribution is -0.133. The summed E-state index contributed by atoms with van der Waals surface area (Å²) < 4.78 is 7.47. The minimum Gasteiger partial charge on any atom is -0.484 e. The summed E-state index contributed by atoms with van der Waals surface area (Å²) in [6.45, 7) is 6.86. The van der Waals surface area contributed by atoms with Crippen molar-refractivity contribution in [1.29, 1.82) is 0 Å². The molecule has 1 fully saturated rings. The smallest absolute Gasteiger partial charge is 0.260 e. The van der Waals surface area contributed by atoms with Gasteiger partial charge in [-0.05, 0) is 54.8 Å². The molecule has 2 aromatic heterocycles. The van der Waals surface area contributed by atoms with E-state index in [1.54, 1.807) is 24.3 Å². The molecule has 1 aliphatic heterocycles. The molecule has 10 heteroatoms. The molecule has 0 N–H and O–H groups in total. The van der Waals surface area contributed by atoms with Gasteiger partial charge in [-0.2, -0.15) is 5.10 Å². The average Bonchev–Trinajstić information content (AvgIpc) is 3.35. The van der Waals surface area contributed by atoms with E-state index < -0.39 is 0 Å². The van der Waals surface area contributed by atoms with E-state index in [9.17, 15) is 4.79 Å². The number of anilines is 1. The third-order valence-corrected chi connectivity index (χ3v) is 7.05. The number of hydrogen-bond donors (Lipinski definition) is 0. The Labute approximate surface area is 232 Å². The Balaban J connectivity index is 1.34. The van der Waals surface area contributed by atoms with Crippen molar-refractivity contribution in [2.75, 3.05) is 37.7 Å². The number of hydrogen-bond acceptors (Lipinski definition) is 6. The zero-order valence-corrected chi connectivity index (χ0v) is 23.0. The Morgan fingerprint density at radius 3 is 2.47 bits per heavy atom. The fourth-order valence-corrected chi connectivity index (χ4v) is 4.75. The van der Waals surface area contributed by atoms with Gasteiger partial charge in [0.05, 0.1) is 17.3 Å². The van der Waals surface area contributed by atoms with Gasteiger partial charge in [-0.25, -0.2) is 14.6 Å². The zero-order chi connectivity index (χ0) is 26.6. The Kier molecular flexibility index (Phi) is 8.00. The van der Waals surface area contributed by atoms with Gasteiger partial charge in [-0.3, -0.25) is 4.79 Å². The maximum atomic E-state index is 12.8. The van der Waals surface area contributed by atoms with Crippen molar-refractivity contribution in [3.63, 3.8) is 0 Å². The molecule has 2 aromatic carbocycles. The number of piperazine rings is 1. The van der Waals surface area contributed by atoms with Crippen LogP contribution in [0.25, 0.3) is 16.7 Å². The Morgan fingerprint density at radius 2 is 1.76 bits per heavy atom. The van der Waals surface area contributed by atoms with Crippen molar-refractivity contribution in [2.45, 2.75) is 26.7 Å². The van der Waals surface area contributed by atoms with Gasteiger partial charge in [0.1, 0.15) is 17.4 Å². The van der Waals surface area contributed by atoms with Crippen molar-refractivity contribution >= 4 is 46.0 Å². The highest BCUT2D eigenvalue weighted by atomic mass is 35.5. The lowest BCUT2D eigenvalue weighted by atomic mass is 10.1. The highest BCUT2D eigenvalue weighted by molar-refractivity contribution is 6.31. The molecule has 0 radical (unpaired) electrons. The second-order valence-electron chi connectivity index (χ2n) is 9.78. The van der Waals surface area contributed by atoms with Crippen LogP contribution in [-0.2, 0) is 11.2 Å². The van der Waals surface area contributed by atoms with Crippen LogP contribution < -0.4 is 9.64 Å². The van der Waals surface area contributed by atoms with Gasteiger partial charge in [0.2, 0.25) is 0 Å². The van der Waals surface area contributed by atoms with Gasteiger partial charge in [0.15, 0.2) is 12.3 Å². The first-order chi connectivity index (χ1) is 18.4. The monoisotopic (exact) mass is 552 g/mol. The third-order valence-electron chi connectivity index (χ3n) is 6.56. The Morgan fingerprint density at radius 1 is 1.00 bits per heavy atom. The van der Waals surface area contributed by atoms with Crippen molar-refractivity contribution in [3.05, 3.63) is 70.6 Å². The fourth-order valence-electron chi connectivity index (χ4n) is 4.44. The fraction of sp³-hybridized carbons (Fsp3) is 0.357. The molecule has 198 valence electrons. The average molecular weight is 553 g/mol. The molecule has 4 aromatic rings. The molecule has 1 saturated heterocycles. The maximum absolute atomic E-state index is 12.8. The highest BCUT2D eigenvalue weighted by Gasteiger charge is 2.25. The van der Waals surface area contributed by atoms with E-state index in [1.165, 1.54) is 0 Å². The summed E-state index contributed by atoms with van der Waals surface area (Å²) in [6.07, 6.45) is 3.59. The molecule has 1 amide bonds. The summed E-state index contributed by atoms with van der Waals surface area (Å²) in [7, 11) is 0. The summed E-state index contributed by atoms with van der Waals surface area (Å²) in [6, 6.07) is 14.6. The number of rotatable bonds is 8. The maximum Gasteiger partial charge on any atom is 0.260 e. The van der Waals surface area contributed by atoms with Crippen LogP contribution in [-0.4, -0.2) is 63.3 Å². The molecule has 0 bridgehead atoms. The van der Waals surface area contributed by atoms with Crippen LogP contribution in [0.4, 0.5) is 5.82 Å². The molecule has 38 heavy (non-hydrogen) atoms. The van der Waals surface area contributed by atoms with Crippen LogP contribution in [0.2, 0.25) is 10.0 Å². The molecular weight excluding hydrogens is 523 g/mol. The zero-order valence-electron chi connectivity index (χ0n) is 21.5. The van der Waals surface area contributed by atoms with Crippen LogP contribution in [0.5, 0.6) is 5.75 Å². The molecular formula is C28H30Cl2N6O2. The van der Waals surface area contributed by atoms with Gasteiger partial charge in [0.25, 0.3) is 5.91 Å². The lowest BCUT2D eigenvalue weighted by Crippen LogP contribution is -2.50. The van der Waals surface area contributed by atoms with Gasteiger partial charge in [0, 0.05) is 42.6 Å². The second kappa shape index (κ2) is 11.6. The Hall–Kier alpha value is -3.36. The van der Waals surface area contributed by atoms with Gasteiger partial charge < -0.3 is 14.5 Å². The summed E-state index contributed by atoms with van der Waals surface area (Å²) in [5.74, 6) is 2.76. The minimum atomic E-state index is -0.0427. The molecule has 0 aliphatic carbocycles. The van der Waals surface area contributed by atoms with Crippen molar-refractivity contribution in [2.24, 2.45) is 5.92 Å². The summed E-state index contributed by atoms with van der Waals surface area (Å²) in [5, 5.41) is 6.79. The number of aryl methyl sites for hydroxylation is 1. The minimum absolute atomic E-state index is 0.00879. The molecule has 0 spiro atoms. The lowest BCUT2D eigenvalue weighted by Gasteiger charge is -2.35. The van der Waals surface area contributed by atoms with E-state index in [0.29, 0.717) is 47.9 Å². The van der Waals surface area contributed by atoms with E-state index in [0.717, 1.165) is 41.2 Å². The summed E-state index contributed by atoms with van der Waals surface area (Å²) >= 11 is 12.2. The largest absolute Gasteiger partial charge is 0.484 e. The van der Waals surface area contributed by atoms with Gasteiger partial charge in [-0.15, -0.1) is 0 Å². The van der Waals surface area contributed by atoms with E-state index >= 15 is 0 Å². The van der Waals surface area contributed by atoms with Crippen LogP contribution in [0, 0.1) is 5.92 Å². The standard InChI is InChI=1S/C28H30Cl2N6O2/c1-19(2)6-11-25-32-27(24-17-31-36(28(24)33-25)22-5-3-4-21(30)16-22)35-14-12-34(13-15-35)26(37)18-38-23-9-7-20(29)8-10-23/h3-5,7-10,16-17,19H,6,11-15,18H2,1-2H3. The number of aromatic nitrogens is 4. The van der Waals surface area contributed by atoms with Gasteiger partial charge in [-0.1, -0.05) is 43.1 Å². The molecule has 1 aliphatic rings. The number of nitrogens with zero attached hydrogens (tertiary/aromatic N) is 6. The summed E-state index contributed by atoms with van der Waals surface area (Å²) in [5.41, 5.74) is 1.61. The topological polar surface area (TPSA) is 76.4 Å². The number of carbonyl (C=O) groups excluding carboxylic acids is 1. The number of benzene rings is 2. The van der Waals surface area contributed by atoms with E-state index in [1.807, 2.05) is 40.0 Å². The predicted octanol–water partition coefficient (Wildman–Crippen LogP) is 5.44. The first-order valence-electron chi connectivity index (χ1n) is 12.8. The SMILES string of the molecule is CC(C)CCc1nc(N2CCN(C(=O)COc3ccc(Cl)cc3)CC2)c2cnn(-c3cccc(Cl)c3)c2n1. The molecule has 0 saturated carbocycles. The normalized spacial score (nSPS) is 13.9. The molecule has 5 rings (SSSR count). The van der Waals surface area contributed by atoms with Crippen LogP contribution in [0.15, 0.2) is 54.7 Å². The molecule has 0 unspecified atom stereocenters. The van der Waals surface area contributed by atoms with E-state index in [2.05, 4.69) is 23.8 Å². The quantitative estimate of drug-likeness (QED) is 0.289. The van der Waals surface area contributed by atoms with Crippen LogP contribution in [0.1, 0.15) is 26.1 Å². The number of carbonyl (C=O) groups is 1. The number of ether oxygens (including phenoxy) is 1. The predicted molar refractivity (Wildman–Crippen MR) is 151 cm³/mol. The number of amides is 1. The Bertz CT molecular complexity index is 1410. The van der Waals surface area contributed by atoms with Crippen LogP contribution in [0.3, 0.4) is 0 Å². The molecule has 0 atom stereocenters. The van der Waals surface area contributed by atoms with E-state index in [-0.39, 0.29) is 12.5 Å². The van der Waals surface area contributed by atoms with Crippen LogP contribution >= 0.6 is 23.2 Å². The summed E-state index contributed by atoms with van der Waals surface area (Å²) in [4.78, 5) is 26.7. The van der Waals surface area contributed by atoms with Crippen molar-refractivity contribution in [1.82, 2.24) is 24.6 Å². The third kappa shape index (κ3) is 6.03. The second-order valence-corrected chi connectivity index (χ2v) is 10.7. The first-order valence-corrected chi connectivity index (χ1v) is 13.5. The van der Waals surface area contributed by atoms with Crippen molar-refractivity contribution < 1.29 is 9.53 Å². The van der Waals surface area contributed by atoms with Gasteiger partial charge >= 0.3 is 0 Å². The highest BCUT2D eigenvalue weighted by Crippen LogP contribution is 2.28. The molecule has 3 heterocycles.